The van der Waals surface area contributed by atoms with Crippen LogP contribution in [0.4, 0.5) is 0 Å². The zero-order valence-electron chi connectivity index (χ0n) is 11.7. The minimum atomic E-state index is 0.294. The fourth-order valence-electron chi connectivity index (χ4n) is 4.75. The zero-order valence-corrected chi connectivity index (χ0v) is 13.3. The Labute approximate surface area is 120 Å². The molecule has 0 amide bonds. The van der Waals surface area contributed by atoms with E-state index in [1.807, 2.05) is 0 Å². The van der Waals surface area contributed by atoms with Gasteiger partial charge in [0.05, 0.1) is 12.2 Å². The first-order chi connectivity index (χ1) is 8.68. The summed E-state index contributed by atoms with van der Waals surface area (Å²) in [5, 5.41) is 0. The number of hydrogen-bond donors (Lipinski definition) is 0. The van der Waals surface area contributed by atoms with Crippen molar-refractivity contribution in [1.29, 1.82) is 0 Å². The van der Waals surface area contributed by atoms with E-state index in [2.05, 4.69) is 22.9 Å². The second-order valence-electron chi connectivity index (χ2n) is 7.05. The first kappa shape index (κ1) is 13.4. The van der Waals surface area contributed by atoms with Gasteiger partial charge in [-0.05, 0) is 69.1 Å². The van der Waals surface area contributed by atoms with Crippen LogP contribution in [0.3, 0.4) is 0 Å². The Balaban J connectivity index is 1.65. The van der Waals surface area contributed by atoms with E-state index in [0.29, 0.717) is 11.0 Å². The molecule has 2 saturated heterocycles. The van der Waals surface area contributed by atoms with Crippen LogP contribution in [0.1, 0.15) is 71.1 Å². The highest BCUT2D eigenvalue weighted by molar-refractivity contribution is 9.09. The van der Waals surface area contributed by atoms with E-state index in [4.69, 9.17) is 4.74 Å². The molecule has 0 N–H and O–H groups in total. The zero-order chi connectivity index (χ0) is 12.6. The maximum absolute atomic E-state index is 6.48. The predicted molar refractivity (Wildman–Crippen MR) is 79.2 cm³/mol. The van der Waals surface area contributed by atoms with Gasteiger partial charge in [0.25, 0.3) is 0 Å². The van der Waals surface area contributed by atoms with Crippen LogP contribution in [0.15, 0.2) is 0 Å². The Bertz CT molecular complexity index is 269. The molecule has 0 aromatic heterocycles. The third-order valence-corrected chi connectivity index (χ3v) is 6.92. The van der Waals surface area contributed by atoms with Gasteiger partial charge in [-0.3, -0.25) is 0 Å². The van der Waals surface area contributed by atoms with Gasteiger partial charge in [-0.1, -0.05) is 29.3 Å². The summed E-state index contributed by atoms with van der Waals surface area (Å²) in [6.45, 7) is 3.39. The molecule has 0 aromatic carbocycles. The topological polar surface area (TPSA) is 9.23 Å². The monoisotopic (exact) mass is 314 g/mol. The summed E-state index contributed by atoms with van der Waals surface area (Å²) in [6, 6.07) is 0. The number of hydrogen-bond acceptors (Lipinski definition) is 1. The molecule has 18 heavy (non-hydrogen) atoms. The van der Waals surface area contributed by atoms with Crippen molar-refractivity contribution in [1.82, 2.24) is 0 Å². The van der Waals surface area contributed by atoms with Gasteiger partial charge in [-0.2, -0.15) is 0 Å². The van der Waals surface area contributed by atoms with Crippen molar-refractivity contribution in [2.24, 2.45) is 11.3 Å². The van der Waals surface area contributed by atoms with E-state index in [1.165, 1.54) is 64.2 Å². The molecule has 4 rings (SSSR count). The lowest BCUT2D eigenvalue weighted by Gasteiger charge is -2.57. The van der Waals surface area contributed by atoms with E-state index in [0.717, 1.165) is 17.4 Å². The Hall–Kier alpha value is 0.440. The standard InChI is InChI=1S/C16H27BrO/c1-2-7-15-8-10-16(11-9-15,18-12-15)13-3-5-14(17)6-4-13/h13-14H,2-12H2,1H3. The molecule has 2 aliphatic heterocycles. The third kappa shape index (κ3) is 2.28. The third-order valence-electron chi connectivity index (χ3n) is 6.00. The normalized spacial score (nSPS) is 48.3. The average Bonchev–Trinajstić information content (AvgIpc) is 2.42. The molecule has 2 saturated carbocycles. The van der Waals surface area contributed by atoms with Crippen molar-refractivity contribution in [3.63, 3.8) is 0 Å². The first-order valence-corrected chi connectivity index (χ1v) is 8.88. The van der Waals surface area contributed by atoms with Gasteiger partial charge in [-0.15, -0.1) is 0 Å². The fourth-order valence-corrected chi connectivity index (χ4v) is 5.28. The highest BCUT2D eigenvalue weighted by Gasteiger charge is 2.52. The van der Waals surface area contributed by atoms with Crippen LogP contribution in [0, 0.1) is 11.3 Å². The maximum Gasteiger partial charge on any atom is 0.0711 e. The van der Waals surface area contributed by atoms with Crippen LogP contribution in [-0.4, -0.2) is 17.0 Å². The molecule has 104 valence electrons. The predicted octanol–water partition coefficient (Wildman–Crippen LogP) is 5.07. The van der Waals surface area contributed by atoms with Gasteiger partial charge < -0.3 is 4.74 Å². The first-order valence-electron chi connectivity index (χ1n) is 7.96. The Kier molecular flexibility index (Phi) is 3.79. The summed E-state index contributed by atoms with van der Waals surface area (Å²) in [6.07, 6.45) is 13.8. The second-order valence-corrected chi connectivity index (χ2v) is 8.35. The van der Waals surface area contributed by atoms with Gasteiger partial charge >= 0.3 is 0 Å². The van der Waals surface area contributed by atoms with Crippen molar-refractivity contribution < 1.29 is 4.74 Å². The average molecular weight is 315 g/mol. The molecule has 4 fully saturated rings. The van der Waals surface area contributed by atoms with Gasteiger partial charge in [0, 0.05) is 4.83 Å². The minimum Gasteiger partial charge on any atom is -0.374 e. The van der Waals surface area contributed by atoms with Crippen LogP contribution in [-0.2, 0) is 4.74 Å². The van der Waals surface area contributed by atoms with Crippen molar-refractivity contribution in [2.45, 2.75) is 81.6 Å². The summed E-state index contributed by atoms with van der Waals surface area (Å²) < 4.78 is 6.48. The molecule has 0 aromatic rings. The summed E-state index contributed by atoms with van der Waals surface area (Å²) in [5.41, 5.74) is 0.867. The molecule has 0 unspecified atom stereocenters. The van der Waals surface area contributed by atoms with Gasteiger partial charge in [0.15, 0.2) is 0 Å². The lowest BCUT2D eigenvalue weighted by Crippen LogP contribution is -2.55. The number of alkyl halides is 1. The molecule has 2 heteroatoms. The fraction of sp³-hybridized carbons (Fsp3) is 1.00. The molecule has 2 bridgehead atoms. The smallest absolute Gasteiger partial charge is 0.0711 e. The molecule has 2 aliphatic carbocycles. The summed E-state index contributed by atoms with van der Waals surface area (Å²) in [7, 11) is 0. The number of halogens is 1. The summed E-state index contributed by atoms with van der Waals surface area (Å²) >= 11 is 3.78. The van der Waals surface area contributed by atoms with Crippen LogP contribution in [0.25, 0.3) is 0 Å². The molecule has 4 aliphatic rings. The molecule has 1 nitrogen and oxygen atoms in total. The van der Waals surface area contributed by atoms with Crippen LogP contribution < -0.4 is 0 Å². The van der Waals surface area contributed by atoms with E-state index in [9.17, 15) is 0 Å². The number of ether oxygens (including phenoxy) is 1. The van der Waals surface area contributed by atoms with E-state index in [1.54, 1.807) is 0 Å². The summed E-state index contributed by atoms with van der Waals surface area (Å²) in [4.78, 5) is 0.775. The second kappa shape index (κ2) is 5.09. The lowest BCUT2D eigenvalue weighted by molar-refractivity contribution is -0.214. The van der Waals surface area contributed by atoms with Crippen LogP contribution in [0.2, 0.25) is 0 Å². The lowest BCUT2D eigenvalue weighted by atomic mass is 9.59. The quantitative estimate of drug-likeness (QED) is 0.661. The van der Waals surface area contributed by atoms with Crippen molar-refractivity contribution in [2.75, 3.05) is 6.61 Å². The largest absolute Gasteiger partial charge is 0.374 e. The van der Waals surface area contributed by atoms with Crippen LogP contribution >= 0.6 is 15.9 Å². The molecular weight excluding hydrogens is 288 g/mol. The van der Waals surface area contributed by atoms with Gasteiger partial charge in [0.1, 0.15) is 0 Å². The van der Waals surface area contributed by atoms with Crippen molar-refractivity contribution in [3.05, 3.63) is 0 Å². The Morgan fingerprint density at radius 2 is 1.72 bits per heavy atom. The van der Waals surface area contributed by atoms with E-state index in [-0.39, 0.29) is 0 Å². The van der Waals surface area contributed by atoms with E-state index >= 15 is 0 Å². The van der Waals surface area contributed by atoms with Crippen molar-refractivity contribution in [3.8, 4) is 0 Å². The number of rotatable bonds is 3. The molecule has 0 spiro atoms. The maximum atomic E-state index is 6.48. The highest BCUT2D eigenvalue weighted by Crippen LogP contribution is 2.56. The molecule has 0 radical (unpaired) electrons. The van der Waals surface area contributed by atoms with E-state index < -0.39 is 0 Å². The van der Waals surface area contributed by atoms with Crippen molar-refractivity contribution >= 4 is 15.9 Å². The van der Waals surface area contributed by atoms with Gasteiger partial charge in [-0.25, -0.2) is 0 Å². The highest BCUT2D eigenvalue weighted by atomic mass is 79.9. The molecular formula is C16H27BrO. The SMILES string of the molecule is CCCC12CCC(C3CCC(Br)CC3)(CC1)OC2. The van der Waals surface area contributed by atoms with Gasteiger partial charge in [0.2, 0.25) is 0 Å². The summed E-state index contributed by atoms with van der Waals surface area (Å²) in [5.74, 6) is 0.853. The number of fused-ring (bicyclic) bond motifs is 3. The minimum absolute atomic E-state index is 0.294. The molecule has 2 heterocycles. The van der Waals surface area contributed by atoms with Crippen LogP contribution in [0.5, 0.6) is 0 Å². The Morgan fingerprint density at radius 1 is 1.06 bits per heavy atom. The Morgan fingerprint density at radius 3 is 2.22 bits per heavy atom. The molecule has 0 atom stereocenters.